The number of rotatable bonds is 3. The lowest BCUT2D eigenvalue weighted by molar-refractivity contribution is -0.192. The molecule has 1 atom stereocenters. The zero-order valence-corrected chi connectivity index (χ0v) is 13.3. The van der Waals surface area contributed by atoms with Gasteiger partial charge in [-0.1, -0.05) is 6.07 Å². The number of hydrogen-bond acceptors (Lipinski definition) is 5. The maximum absolute atomic E-state index is 13.6. The third kappa shape index (κ3) is 5.25. The van der Waals surface area contributed by atoms with Crippen molar-refractivity contribution < 1.29 is 31.9 Å². The quantitative estimate of drug-likeness (QED) is 0.705. The van der Waals surface area contributed by atoms with E-state index >= 15 is 0 Å². The highest BCUT2D eigenvalue weighted by Crippen LogP contribution is 2.29. The monoisotopic (exact) mass is 381 g/mol. The second-order valence-electron chi connectivity index (χ2n) is 5.55. The van der Waals surface area contributed by atoms with Crippen LogP contribution in [0.3, 0.4) is 0 Å². The predicted octanol–water partition coefficient (Wildman–Crippen LogP) is 2.02. The number of nitrogens with zero attached hydrogens (tertiary/aromatic N) is 3. The molecule has 3 N–H and O–H groups in total. The number of aromatic nitrogens is 3. The van der Waals surface area contributed by atoms with Crippen molar-refractivity contribution in [1.29, 1.82) is 0 Å². The molecule has 144 valence electrons. The first-order chi connectivity index (χ1) is 12.1. The van der Waals surface area contributed by atoms with E-state index in [0.29, 0.717) is 24.6 Å². The lowest BCUT2D eigenvalue weighted by Gasteiger charge is -2.31. The van der Waals surface area contributed by atoms with E-state index in [4.69, 9.17) is 9.90 Å². The summed E-state index contributed by atoms with van der Waals surface area (Å²) in [5.74, 6) is -5.72. The minimum absolute atomic E-state index is 0.186. The normalized spacial score (nSPS) is 19.5. The Bertz CT molecular complexity index is 716. The van der Waals surface area contributed by atoms with Crippen molar-refractivity contribution in [2.24, 2.45) is 5.92 Å². The SMILES string of the molecule is FC1(F)CNCC[C@@H]1CNc1nc2ccccn2n1.O=C(O)C(F)(F)F. The minimum atomic E-state index is -5.08. The fourth-order valence-electron chi connectivity index (χ4n) is 2.26. The number of carbonyl (C=O) groups is 1. The van der Waals surface area contributed by atoms with Crippen LogP contribution in [0.25, 0.3) is 5.65 Å². The van der Waals surface area contributed by atoms with Gasteiger partial charge in [0.1, 0.15) is 0 Å². The van der Waals surface area contributed by atoms with Crippen molar-refractivity contribution in [3.05, 3.63) is 24.4 Å². The summed E-state index contributed by atoms with van der Waals surface area (Å²) >= 11 is 0. The van der Waals surface area contributed by atoms with Crippen LogP contribution < -0.4 is 10.6 Å². The molecule has 7 nitrogen and oxygen atoms in total. The Labute approximate surface area is 144 Å². The Morgan fingerprint density at radius 1 is 1.42 bits per heavy atom. The van der Waals surface area contributed by atoms with Gasteiger partial charge in [0.15, 0.2) is 5.65 Å². The highest BCUT2D eigenvalue weighted by atomic mass is 19.4. The van der Waals surface area contributed by atoms with E-state index in [1.54, 1.807) is 10.7 Å². The zero-order chi connectivity index (χ0) is 19.4. The number of nitrogens with one attached hydrogen (secondary N) is 2. The summed E-state index contributed by atoms with van der Waals surface area (Å²) < 4.78 is 60.6. The van der Waals surface area contributed by atoms with Gasteiger partial charge >= 0.3 is 12.1 Å². The number of alkyl halides is 5. The highest BCUT2D eigenvalue weighted by molar-refractivity contribution is 5.73. The Morgan fingerprint density at radius 2 is 2.12 bits per heavy atom. The molecule has 3 heterocycles. The van der Waals surface area contributed by atoms with Crippen molar-refractivity contribution >= 4 is 17.6 Å². The number of aliphatic carboxylic acids is 1. The third-order valence-electron chi connectivity index (χ3n) is 3.62. The number of carboxylic acids is 1. The predicted molar refractivity (Wildman–Crippen MR) is 81.1 cm³/mol. The Morgan fingerprint density at radius 3 is 2.69 bits per heavy atom. The number of pyridine rings is 1. The summed E-state index contributed by atoms with van der Waals surface area (Å²) in [7, 11) is 0. The molecule has 12 heteroatoms. The third-order valence-corrected chi connectivity index (χ3v) is 3.62. The van der Waals surface area contributed by atoms with Gasteiger partial charge in [-0.3, -0.25) is 0 Å². The second-order valence-corrected chi connectivity index (χ2v) is 5.55. The molecule has 0 spiro atoms. The van der Waals surface area contributed by atoms with Crippen molar-refractivity contribution in [2.75, 3.05) is 25.0 Å². The van der Waals surface area contributed by atoms with E-state index in [2.05, 4.69) is 20.7 Å². The second kappa shape index (κ2) is 7.81. The zero-order valence-electron chi connectivity index (χ0n) is 13.3. The molecule has 0 amide bonds. The molecule has 1 saturated heterocycles. The number of hydrogen-bond donors (Lipinski definition) is 3. The molecular weight excluding hydrogens is 365 g/mol. The van der Waals surface area contributed by atoms with Crippen molar-refractivity contribution in [3.63, 3.8) is 0 Å². The van der Waals surface area contributed by atoms with E-state index in [9.17, 15) is 22.0 Å². The first kappa shape index (κ1) is 19.8. The van der Waals surface area contributed by atoms with Crippen molar-refractivity contribution in [2.45, 2.75) is 18.5 Å². The summed E-state index contributed by atoms with van der Waals surface area (Å²) in [6.45, 7) is 0.560. The maximum atomic E-state index is 13.6. The molecule has 2 aromatic rings. The summed E-state index contributed by atoms with van der Waals surface area (Å²) in [6.07, 6.45) is -2.86. The van der Waals surface area contributed by atoms with E-state index in [1.807, 2.05) is 18.2 Å². The van der Waals surface area contributed by atoms with Crippen LogP contribution in [0.4, 0.5) is 27.9 Å². The molecule has 1 fully saturated rings. The van der Waals surface area contributed by atoms with Crippen LogP contribution in [0, 0.1) is 5.92 Å². The largest absolute Gasteiger partial charge is 0.490 e. The lowest BCUT2D eigenvalue weighted by Crippen LogP contribution is -2.48. The van der Waals surface area contributed by atoms with Crippen molar-refractivity contribution in [3.8, 4) is 0 Å². The van der Waals surface area contributed by atoms with Crippen LogP contribution in [0.5, 0.6) is 0 Å². The molecule has 3 rings (SSSR count). The standard InChI is InChI=1S/C12H15F2N5.C2HF3O2/c13-12(14)8-15-5-4-9(12)7-16-11-17-10-3-1-2-6-19(10)18-11;3-2(4,5)1(6)7/h1-3,6,9,15H,4-5,7-8H2,(H,16,18);(H,6,7)/t9-;/m1./s1. The van der Waals surface area contributed by atoms with Crippen LogP contribution >= 0.6 is 0 Å². The summed E-state index contributed by atoms with van der Waals surface area (Å²) in [6, 6.07) is 5.51. The highest BCUT2D eigenvalue weighted by Gasteiger charge is 2.41. The fourth-order valence-corrected chi connectivity index (χ4v) is 2.26. The summed E-state index contributed by atoms with van der Waals surface area (Å²) in [4.78, 5) is 13.1. The molecule has 0 radical (unpaired) electrons. The van der Waals surface area contributed by atoms with Crippen LogP contribution in [-0.4, -0.2) is 57.4 Å². The molecule has 0 saturated carbocycles. The van der Waals surface area contributed by atoms with Gasteiger partial charge in [0.25, 0.3) is 5.92 Å². The Kier molecular flexibility index (Phi) is 5.95. The maximum Gasteiger partial charge on any atom is 0.490 e. The molecular formula is C14H16F5N5O2. The average molecular weight is 381 g/mol. The molecule has 1 aliphatic heterocycles. The number of piperidine rings is 1. The van der Waals surface area contributed by atoms with Gasteiger partial charge in [-0.25, -0.2) is 18.1 Å². The molecule has 1 aliphatic rings. The van der Waals surface area contributed by atoms with Crippen LogP contribution in [0.1, 0.15) is 6.42 Å². The molecule has 0 bridgehead atoms. The number of fused-ring (bicyclic) bond motifs is 1. The first-order valence-electron chi connectivity index (χ1n) is 7.53. The summed E-state index contributed by atoms with van der Waals surface area (Å²) in [5.41, 5.74) is 0.696. The Hall–Kier alpha value is -2.50. The van der Waals surface area contributed by atoms with Crippen LogP contribution in [0.15, 0.2) is 24.4 Å². The van der Waals surface area contributed by atoms with Gasteiger partial charge in [-0.15, -0.1) is 5.10 Å². The Balaban J connectivity index is 0.000000298. The van der Waals surface area contributed by atoms with E-state index in [-0.39, 0.29) is 13.1 Å². The summed E-state index contributed by atoms with van der Waals surface area (Å²) in [5, 5.41) is 16.9. The van der Waals surface area contributed by atoms with Gasteiger partial charge in [-0.2, -0.15) is 18.2 Å². The number of carboxylic acid groups (broad SMARTS) is 1. The smallest absolute Gasteiger partial charge is 0.475 e. The van der Waals surface area contributed by atoms with Crippen LogP contribution in [-0.2, 0) is 4.79 Å². The van der Waals surface area contributed by atoms with Gasteiger partial charge in [-0.05, 0) is 25.1 Å². The van der Waals surface area contributed by atoms with Crippen molar-refractivity contribution in [1.82, 2.24) is 19.9 Å². The van der Waals surface area contributed by atoms with Crippen LogP contribution in [0.2, 0.25) is 0 Å². The molecule has 0 aliphatic carbocycles. The average Bonchev–Trinajstić information content (AvgIpc) is 2.96. The number of anilines is 1. The minimum Gasteiger partial charge on any atom is -0.475 e. The lowest BCUT2D eigenvalue weighted by atomic mass is 9.94. The van der Waals surface area contributed by atoms with Gasteiger partial charge < -0.3 is 15.7 Å². The van der Waals surface area contributed by atoms with E-state index in [1.165, 1.54) is 0 Å². The molecule has 0 unspecified atom stereocenters. The van der Waals surface area contributed by atoms with Gasteiger partial charge in [0.05, 0.1) is 6.54 Å². The van der Waals surface area contributed by atoms with Gasteiger partial charge in [0.2, 0.25) is 5.95 Å². The fraction of sp³-hybridized carbons (Fsp3) is 0.500. The van der Waals surface area contributed by atoms with E-state index < -0.39 is 24.0 Å². The van der Waals surface area contributed by atoms with Gasteiger partial charge in [0, 0.05) is 18.7 Å². The topological polar surface area (TPSA) is 91.5 Å². The number of halogens is 5. The molecule has 26 heavy (non-hydrogen) atoms. The van der Waals surface area contributed by atoms with E-state index in [0.717, 1.165) is 0 Å². The molecule has 2 aromatic heterocycles. The molecule has 0 aromatic carbocycles. The first-order valence-corrected chi connectivity index (χ1v) is 7.53.